The molecule has 4 rings (SSSR count). The van der Waals surface area contributed by atoms with Gasteiger partial charge in [-0.05, 0) is 67.4 Å². The van der Waals surface area contributed by atoms with Crippen LogP contribution in [0.25, 0.3) is 0 Å². The summed E-state index contributed by atoms with van der Waals surface area (Å²) in [6.07, 6.45) is 10.5. The van der Waals surface area contributed by atoms with Crippen molar-refractivity contribution < 1.29 is 9.90 Å². The highest BCUT2D eigenvalue weighted by atomic mass is 35.5. The second-order valence-corrected chi connectivity index (χ2v) is 9.49. The van der Waals surface area contributed by atoms with E-state index in [4.69, 9.17) is 11.6 Å². The maximum Gasteiger partial charge on any atom is 0.178 e. The van der Waals surface area contributed by atoms with Gasteiger partial charge >= 0.3 is 0 Å². The molecule has 0 heterocycles. The number of aliphatic hydroxyl groups is 1. The van der Waals surface area contributed by atoms with Crippen LogP contribution in [0.5, 0.6) is 0 Å². The number of ketones is 1. The van der Waals surface area contributed by atoms with Gasteiger partial charge in [0.05, 0.1) is 6.10 Å². The van der Waals surface area contributed by atoms with Crippen molar-refractivity contribution in [2.75, 3.05) is 5.88 Å². The van der Waals surface area contributed by atoms with Crippen LogP contribution in [0.3, 0.4) is 0 Å². The maximum absolute atomic E-state index is 11.8. The fourth-order valence-electron chi connectivity index (χ4n) is 7.09. The zero-order chi connectivity index (χ0) is 18.0. The van der Waals surface area contributed by atoms with Crippen LogP contribution in [0.15, 0.2) is 36.0 Å². The quantitative estimate of drug-likeness (QED) is 0.573. The largest absolute Gasteiger partial charge is 0.393 e. The molecule has 3 heteroatoms. The molecule has 1 N–H and O–H groups in total. The number of hydrogen-bond acceptors (Lipinski definition) is 2. The summed E-state index contributed by atoms with van der Waals surface area (Å²) in [6, 6.07) is 0. The van der Waals surface area contributed by atoms with Crippen molar-refractivity contribution in [1.82, 2.24) is 0 Å². The van der Waals surface area contributed by atoms with Crippen LogP contribution in [0.4, 0.5) is 0 Å². The molecule has 0 aromatic heterocycles. The lowest BCUT2D eigenvalue weighted by molar-refractivity contribution is -0.116. The zero-order valence-corrected chi connectivity index (χ0v) is 16.1. The summed E-state index contributed by atoms with van der Waals surface area (Å²) in [4.78, 5) is 11.8. The van der Waals surface area contributed by atoms with Crippen LogP contribution in [0.2, 0.25) is 0 Å². The first-order valence-electron chi connectivity index (χ1n) is 9.67. The summed E-state index contributed by atoms with van der Waals surface area (Å²) < 4.78 is 0. The van der Waals surface area contributed by atoms with Crippen molar-refractivity contribution >= 4 is 17.4 Å². The molecule has 0 bridgehead atoms. The van der Waals surface area contributed by atoms with Gasteiger partial charge in [-0.25, -0.2) is 0 Å². The Morgan fingerprint density at radius 2 is 2.12 bits per heavy atom. The van der Waals surface area contributed by atoms with E-state index in [0.717, 1.165) is 31.3 Å². The topological polar surface area (TPSA) is 37.3 Å². The summed E-state index contributed by atoms with van der Waals surface area (Å²) in [5, 5.41) is 11.3. The Morgan fingerprint density at radius 3 is 2.84 bits per heavy atom. The standard InChI is InChI=1S/C22H29ClO2/c1-13(12-23)17-6-7-18-16-5-4-14-10-15(24)8-9-21(14,2)20(16)19(25)11-22(17,18)3/h8-10,16-20,25H,1,4-7,11-12H2,2-3H3. The lowest BCUT2D eigenvalue weighted by atomic mass is 9.46. The number of aliphatic hydroxyl groups excluding tert-OH is 1. The van der Waals surface area contributed by atoms with E-state index in [-0.39, 0.29) is 28.6 Å². The smallest absolute Gasteiger partial charge is 0.178 e. The van der Waals surface area contributed by atoms with Crippen molar-refractivity contribution in [2.24, 2.45) is 34.5 Å². The highest BCUT2D eigenvalue weighted by Crippen LogP contribution is 2.66. The first kappa shape index (κ1) is 17.5. The minimum Gasteiger partial charge on any atom is -0.393 e. The molecule has 0 aromatic carbocycles. The van der Waals surface area contributed by atoms with Gasteiger partial charge in [0.15, 0.2) is 5.78 Å². The zero-order valence-electron chi connectivity index (χ0n) is 15.3. The second-order valence-electron chi connectivity index (χ2n) is 9.22. The molecule has 7 atom stereocenters. The fourth-order valence-corrected chi connectivity index (χ4v) is 7.28. The van der Waals surface area contributed by atoms with Crippen LogP contribution in [-0.2, 0) is 4.79 Å². The van der Waals surface area contributed by atoms with Crippen LogP contribution in [0, 0.1) is 34.5 Å². The van der Waals surface area contributed by atoms with Crippen LogP contribution in [0.1, 0.15) is 46.0 Å². The molecule has 0 spiro atoms. The van der Waals surface area contributed by atoms with E-state index in [0.29, 0.717) is 23.6 Å². The van der Waals surface area contributed by atoms with E-state index >= 15 is 0 Å². The molecular formula is C22H29ClO2. The monoisotopic (exact) mass is 360 g/mol. The third-order valence-corrected chi connectivity index (χ3v) is 8.50. The number of carbonyl (C=O) groups is 1. The molecule has 136 valence electrons. The maximum atomic E-state index is 11.8. The number of fused-ring (bicyclic) bond motifs is 5. The Balaban J connectivity index is 1.71. The number of rotatable bonds is 2. The van der Waals surface area contributed by atoms with Gasteiger partial charge in [0, 0.05) is 17.2 Å². The number of carbonyl (C=O) groups excluding carboxylic acids is 1. The van der Waals surface area contributed by atoms with Gasteiger partial charge in [0.2, 0.25) is 0 Å². The minimum absolute atomic E-state index is 0.0976. The van der Waals surface area contributed by atoms with Crippen molar-refractivity contribution in [3.05, 3.63) is 36.0 Å². The molecule has 2 nitrogen and oxygen atoms in total. The molecule has 0 radical (unpaired) electrons. The Hall–Kier alpha value is -0.860. The molecule has 0 saturated heterocycles. The first-order chi connectivity index (χ1) is 11.8. The first-order valence-corrected chi connectivity index (χ1v) is 10.2. The highest BCUT2D eigenvalue weighted by Gasteiger charge is 2.61. The molecular weight excluding hydrogens is 332 g/mol. The lowest BCUT2D eigenvalue weighted by Crippen LogP contribution is -2.56. The van der Waals surface area contributed by atoms with E-state index in [9.17, 15) is 9.90 Å². The van der Waals surface area contributed by atoms with Gasteiger partial charge in [0.1, 0.15) is 0 Å². The van der Waals surface area contributed by atoms with Crippen molar-refractivity contribution in [3.8, 4) is 0 Å². The average molecular weight is 361 g/mol. The van der Waals surface area contributed by atoms with E-state index in [1.165, 1.54) is 12.0 Å². The normalized spacial score (nSPS) is 48.4. The van der Waals surface area contributed by atoms with Crippen molar-refractivity contribution in [2.45, 2.75) is 52.1 Å². The predicted octanol–water partition coefficient (Wildman–Crippen LogP) is 4.68. The Bertz CT molecular complexity index is 678. The van der Waals surface area contributed by atoms with Crippen molar-refractivity contribution in [3.63, 3.8) is 0 Å². The fraction of sp³-hybridized carbons (Fsp3) is 0.682. The van der Waals surface area contributed by atoms with Crippen LogP contribution >= 0.6 is 11.6 Å². The molecule has 0 aromatic rings. The summed E-state index contributed by atoms with van der Waals surface area (Å²) in [5.74, 6) is 2.40. The van der Waals surface area contributed by atoms with E-state index in [2.05, 4.69) is 26.5 Å². The number of halogens is 1. The van der Waals surface area contributed by atoms with Gasteiger partial charge in [-0.1, -0.05) is 37.6 Å². The summed E-state index contributed by atoms with van der Waals surface area (Å²) in [6.45, 7) is 8.83. The van der Waals surface area contributed by atoms with Crippen LogP contribution in [-0.4, -0.2) is 22.9 Å². The average Bonchev–Trinajstić information content (AvgIpc) is 2.91. The molecule has 25 heavy (non-hydrogen) atoms. The molecule has 4 aliphatic rings. The van der Waals surface area contributed by atoms with E-state index in [1.54, 1.807) is 6.08 Å². The second kappa shape index (κ2) is 5.82. The lowest BCUT2D eigenvalue weighted by Gasteiger charge is -2.59. The van der Waals surface area contributed by atoms with Gasteiger partial charge < -0.3 is 5.11 Å². The molecule has 0 amide bonds. The SMILES string of the molecule is C=C(CCl)C1CCC2C3CCC4=CC(=O)C=CC4(C)C3C(O)CC12C. The van der Waals surface area contributed by atoms with Crippen molar-refractivity contribution in [1.29, 1.82) is 0 Å². The summed E-state index contributed by atoms with van der Waals surface area (Å²) in [7, 11) is 0. The van der Waals surface area contributed by atoms with Gasteiger partial charge in [-0.2, -0.15) is 0 Å². The number of alkyl halides is 1. The molecule has 0 aliphatic heterocycles. The summed E-state index contributed by atoms with van der Waals surface area (Å²) in [5.41, 5.74) is 2.31. The predicted molar refractivity (Wildman–Crippen MR) is 101 cm³/mol. The Labute approximate surface area is 156 Å². The number of allylic oxidation sites excluding steroid dienone is 5. The van der Waals surface area contributed by atoms with Gasteiger partial charge in [0.25, 0.3) is 0 Å². The molecule has 3 saturated carbocycles. The van der Waals surface area contributed by atoms with E-state index < -0.39 is 0 Å². The molecule has 7 unspecified atom stereocenters. The Kier molecular flexibility index (Phi) is 4.09. The molecule has 3 fully saturated rings. The third kappa shape index (κ3) is 2.36. The van der Waals surface area contributed by atoms with E-state index in [1.807, 2.05) is 6.08 Å². The minimum atomic E-state index is -0.332. The Morgan fingerprint density at radius 1 is 1.36 bits per heavy atom. The number of hydrogen-bond donors (Lipinski definition) is 1. The third-order valence-electron chi connectivity index (χ3n) is 8.16. The molecule has 4 aliphatic carbocycles. The highest BCUT2D eigenvalue weighted by molar-refractivity contribution is 6.19. The summed E-state index contributed by atoms with van der Waals surface area (Å²) >= 11 is 6.12. The van der Waals surface area contributed by atoms with Crippen LogP contribution < -0.4 is 0 Å². The van der Waals surface area contributed by atoms with Gasteiger partial charge in [-0.3, -0.25) is 4.79 Å². The van der Waals surface area contributed by atoms with Gasteiger partial charge in [-0.15, -0.1) is 11.6 Å².